The van der Waals surface area contributed by atoms with Crippen molar-refractivity contribution in [3.05, 3.63) is 0 Å². The van der Waals surface area contributed by atoms with E-state index in [9.17, 15) is 26.3 Å². The van der Waals surface area contributed by atoms with E-state index in [4.69, 9.17) is 25.9 Å². The number of rotatable bonds is 0. The molecule has 0 atom stereocenters. The van der Waals surface area contributed by atoms with Crippen LogP contribution in [-0.2, 0) is 38.8 Å². The van der Waals surface area contributed by atoms with E-state index in [1.54, 1.807) is 0 Å². The van der Waals surface area contributed by atoms with Crippen molar-refractivity contribution < 1.29 is 76.3 Å². The Balaban J connectivity index is -0.0000000980. The van der Waals surface area contributed by atoms with Crippen LogP contribution in [0.5, 0.6) is 0 Å². The van der Waals surface area contributed by atoms with Crippen LogP contribution in [0.15, 0.2) is 0 Å². The zero-order valence-electron chi connectivity index (χ0n) is 7.48. The normalized spacial score (nSPS) is 12.4. The second kappa shape index (κ2) is 7.51. The molecular weight excluding hydrogens is 365 g/mol. The Kier molecular flexibility index (Phi) is 11.1. The Morgan fingerprint density at radius 1 is 0.667 bits per heavy atom. The van der Waals surface area contributed by atoms with Crippen LogP contribution in [-0.4, -0.2) is 42.4 Å². The molecule has 0 aromatic rings. The van der Waals surface area contributed by atoms with E-state index in [0.29, 0.717) is 0 Å². The van der Waals surface area contributed by atoms with Gasteiger partial charge in [0.15, 0.2) is 20.2 Å². The van der Waals surface area contributed by atoms with Crippen molar-refractivity contribution in [2.45, 2.75) is 11.0 Å². The van der Waals surface area contributed by atoms with Gasteiger partial charge in [0.2, 0.25) is 0 Å². The third kappa shape index (κ3) is 11.1. The summed E-state index contributed by atoms with van der Waals surface area (Å²) in [5.41, 5.74) is -11.3. The molecule has 0 heterocycles. The minimum Gasteiger partial charge on any atom is -0.741 e. The quantitative estimate of drug-likeness (QED) is 0.314. The fourth-order valence-electron chi connectivity index (χ4n) is 0. The van der Waals surface area contributed by atoms with Gasteiger partial charge in [-0.25, -0.2) is 16.8 Å². The molecular formula is C2H2F6O7S2V. The van der Waals surface area contributed by atoms with Crippen LogP contribution < -0.4 is 0 Å². The van der Waals surface area contributed by atoms with Crippen molar-refractivity contribution in [3.8, 4) is 0 Å². The average Bonchev–Trinajstić information content (AvgIpc) is 1.77. The molecule has 0 aliphatic carbocycles. The molecule has 18 heavy (non-hydrogen) atoms. The first-order chi connectivity index (χ1) is 6.50. The monoisotopic (exact) mass is 367 g/mol. The Bertz CT molecular complexity index is 376. The molecule has 16 heteroatoms. The molecule has 0 aliphatic heterocycles. The van der Waals surface area contributed by atoms with Gasteiger partial charge in [-0.3, -0.25) is 0 Å². The summed E-state index contributed by atoms with van der Waals surface area (Å²) in [5.74, 6) is 0. The molecule has 111 valence electrons. The molecule has 0 amide bonds. The van der Waals surface area contributed by atoms with Crippen LogP contribution >= 0.6 is 0 Å². The first-order valence-corrected chi connectivity index (χ1v) is 5.36. The van der Waals surface area contributed by atoms with E-state index in [1.807, 2.05) is 0 Å². The van der Waals surface area contributed by atoms with Crippen molar-refractivity contribution in [1.29, 1.82) is 0 Å². The topological polar surface area (TPSA) is 146 Å². The average molecular weight is 367 g/mol. The molecule has 0 aromatic heterocycles. The van der Waals surface area contributed by atoms with Gasteiger partial charge in [-0.15, -0.1) is 0 Å². The molecule has 7 nitrogen and oxygen atoms in total. The van der Waals surface area contributed by atoms with Gasteiger partial charge in [-0.1, -0.05) is 0 Å². The van der Waals surface area contributed by atoms with Gasteiger partial charge in [-0.05, 0) is 0 Å². The molecule has 0 aromatic carbocycles. The first-order valence-electron chi connectivity index (χ1n) is 2.54. The van der Waals surface area contributed by atoms with Crippen LogP contribution in [0, 0.1) is 0 Å². The van der Waals surface area contributed by atoms with Crippen LogP contribution in [0.4, 0.5) is 26.3 Å². The van der Waals surface area contributed by atoms with Crippen molar-refractivity contribution in [1.82, 2.24) is 0 Å². The van der Waals surface area contributed by atoms with Crippen LogP contribution in [0.25, 0.3) is 0 Å². The molecule has 0 bridgehead atoms. The van der Waals surface area contributed by atoms with Crippen LogP contribution in [0.3, 0.4) is 0 Å². The third-order valence-corrected chi connectivity index (χ3v) is 1.70. The van der Waals surface area contributed by atoms with Crippen LogP contribution in [0.2, 0.25) is 0 Å². The molecule has 1 radical (unpaired) electrons. The summed E-state index contributed by atoms with van der Waals surface area (Å²) in [5, 5.41) is 0. The largest absolute Gasteiger partial charge is 2.00 e. The summed E-state index contributed by atoms with van der Waals surface area (Å²) >= 11 is 0. The van der Waals surface area contributed by atoms with Gasteiger partial charge in [0.25, 0.3) is 0 Å². The maximum absolute atomic E-state index is 10.7. The Labute approximate surface area is 108 Å². The molecule has 0 rings (SSSR count). The molecule has 0 unspecified atom stereocenters. The summed E-state index contributed by atoms with van der Waals surface area (Å²) in [7, 11) is -12.2. The summed E-state index contributed by atoms with van der Waals surface area (Å²) in [6, 6.07) is 0. The van der Waals surface area contributed by atoms with Crippen molar-refractivity contribution in [2.75, 3.05) is 0 Å². The van der Waals surface area contributed by atoms with Gasteiger partial charge in [0, 0.05) is 0 Å². The molecule has 0 aliphatic rings. The Hall–Kier alpha value is -0.0556. The molecule has 0 spiro atoms. The van der Waals surface area contributed by atoms with E-state index in [1.165, 1.54) is 0 Å². The third-order valence-electron chi connectivity index (χ3n) is 0.567. The molecule has 2 N–H and O–H groups in total. The van der Waals surface area contributed by atoms with Gasteiger partial charge in [0.05, 0.1) is 0 Å². The van der Waals surface area contributed by atoms with Crippen molar-refractivity contribution in [3.63, 3.8) is 0 Å². The van der Waals surface area contributed by atoms with Gasteiger partial charge in [-0.2, -0.15) is 26.3 Å². The fourth-order valence-corrected chi connectivity index (χ4v) is 0. The van der Waals surface area contributed by atoms with E-state index in [-0.39, 0.29) is 24.0 Å². The predicted octanol–water partition coefficient (Wildman–Crippen LogP) is -0.724. The molecule has 0 saturated heterocycles. The van der Waals surface area contributed by atoms with E-state index < -0.39 is 31.3 Å². The molecule has 0 fully saturated rings. The van der Waals surface area contributed by atoms with Gasteiger partial charge in [0.1, 0.15) is 0 Å². The van der Waals surface area contributed by atoms with E-state index in [0.717, 1.165) is 0 Å². The second-order valence-corrected chi connectivity index (χ2v) is 4.54. The smallest absolute Gasteiger partial charge is 0.741 e. The number of alkyl halides is 6. The van der Waals surface area contributed by atoms with E-state index >= 15 is 0 Å². The summed E-state index contributed by atoms with van der Waals surface area (Å²) in [6.07, 6.45) is 0. The maximum atomic E-state index is 10.7. The standard InChI is InChI=1S/2CHF3O3S.H2O.V/c2*2-1(3,4)8(5,6)7;;/h2*(H,5,6,7);1H2;/q;;;+2/p-2. The van der Waals surface area contributed by atoms with Crippen LogP contribution in [0.1, 0.15) is 0 Å². The van der Waals surface area contributed by atoms with Crippen molar-refractivity contribution >= 4 is 20.2 Å². The van der Waals surface area contributed by atoms with Gasteiger partial charge < -0.3 is 14.6 Å². The van der Waals surface area contributed by atoms with E-state index in [2.05, 4.69) is 0 Å². The molecule has 0 saturated carbocycles. The second-order valence-electron chi connectivity index (χ2n) is 1.80. The first kappa shape index (κ1) is 26.5. The summed E-state index contributed by atoms with van der Waals surface area (Å²) in [6.45, 7) is 0. The summed E-state index contributed by atoms with van der Waals surface area (Å²) in [4.78, 5) is 0. The number of halogens is 6. The minimum absolute atomic E-state index is 0. The maximum Gasteiger partial charge on any atom is 2.00 e. The number of hydrogen-bond acceptors (Lipinski definition) is 6. The number of hydrogen-bond donors (Lipinski definition) is 0. The predicted molar refractivity (Wildman–Crippen MR) is 35.1 cm³/mol. The summed E-state index contributed by atoms with van der Waals surface area (Å²) < 4.78 is 118. The Morgan fingerprint density at radius 3 is 0.722 bits per heavy atom. The zero-order valence-corrected chi connectivity index (χ0v) is 10.5. The van der Waals surface area contributed by atoms with Gasteiger partial charge >= 0.3 is 29.6 Å². The zero-order chi connectivity index (χ0) is 14.0. The SMILES string of the molecule is O.O=S(=O)([O-])C(F)(F)F.O=S(=O)([O-])C(F)(F)F.[V+2]. The van der Waals surface area contributed by atoms with Crippen molar-refractivity contribution in [2.24, 2.45) is 0 Å². The minimum atomic E-state index is -6.09. The Morgan fingerprint density at radius 2 is 0.722 bits per heavy atom. The fraction of sp³-hybridized carbons (Fsp3) is 1.00.